The van der Waals surface area contributed by atoms with Crippen molar-refractivity contribution in [2.24, 2.45) is 0 Å². The summed E-state index contributed by atoms with van der Waals surface area (Å²) in [5.41, 5.74) is 0. The molecule has 0 fully saturated rings. The fraction of sp³-hybridized carbons (Fsp3) is 0.909. The number of unbranched alkanes of at least 4 members (excludes halogenated alkanes) is 9. The van der Waals surface area contributed by atoms with Gasteiger partial charge in [-0.2, -0.15) is 0 Å². The molecule has 0 rings (SSSR count). The molecule has 0 amide bonds. The summed E-state index contributed by atoms with van der Waals surface area (Å²) in [5.74, 6) is -2.56. The Morgan fingerprint density at radius 3 is 1.71 bits per heavy atom. The first kappa shape index (κ1) is 26.9. The van der Waals surface area contributed by atoms with E-state index in [-0.39, 0.29) is 12.8 Å². The lowest BCUT2D eigenvalue weighted by atomic mass is 10.1. The first-order valence-corrected chi connectivity index (χ1v) is 11.2. The van der Waals surface area contributed by atoms with Gasteiger partial charge < -0.3 is 19.3 Å². The van der Waals surface area contributed by atoms with Crippen molar-refractivity contribution < 1.29 is 28.9 Å². The molecule has 0 aliphatic heterocycles. The molecule has 0 aromatic rings. The maximum atomic E-state index is 12.2. The monoisotopic (exact) mass is 402 g/mol. The third-order valence-electron chi connectivity index (χ3n) is 4.61. The second-order valence-electron chi connectivity index (χ2n) is 7.20. The summed E-state index contributed by atoms with van der Waals surface area (Å²) in [7, 11) is 0. The number of carboxylic acids is 1. The predicted octanol–water partition coefficient (Wildman–Crippen LogP) is 5.82. The Morgan fingerprint density at radius 1 is 0.714 bits per heavy atom. The Hall–Kier alpha value is -1.14. The maximum absolute atomic E-state index is 12.2. The van der Waals surface area contributed by atoms with E-state index in [4.69, 9.17) is 19.3 Å². The Labute approximate surface area is 171 Å². The van der Waals surface area contributed by atoms with Crippen LogP contribution in [0.5, 0.6) is 0 Å². The molecule has 166 valence electrons. The molecule has 0 heterocycles. The van der Waals surface area contributed by atoms with Crippen LogP contribution >= 0.6 is 0 Å². The van der Waals surface area contributed by atoms with Gasteiger partial charge in [0.25, 0.3) is 0 Å². The Kier molecular flexibility index (Phi) is 17.2. The second-order valence-corrected chi connectivity index (χ2v) is 7.20. The van der Waals surface area contributed by atoms with Crippen molar-refractivity contribution in [3.8, 4) is 0 Å². The van der Waals surface area contributed by atoms with Crippen molar-refractivity contribution >= 4 is 11.9 Å². The van der Waals surface area contributed by atoms with Crippen LogP contribution in [0, 0.1) is 0 Å². The number of carbonyl (C=O) groups is 2. The van der Waals surface area contributed by atoms with Gasteiger partial charge >= 0.3 is 17.9 Å². The minimum atomic E-state index is -1.31. The van der Waals surface area contributed by atoms with Gasteiger partial charge in [0.2, 0.25) is 0 Å². The highest BCUT2D eigenvalue weighted by Crippen LogP contribution is 2.25. The molecule has 0 aliphatic carbocycles. The number of aliphatic carboxylic acids is 1. The molecule has 0 saturated heterocycles. The van der Waals surface area contributed by atoms with Gasteiger partial charge in [0.05, 0.1) is 13.2 Å². The largest absolute Gasteiger partial charge is 0.481 e. The van der Waals surface area contributed by atoms with Gasteiger partial charge in [-0.1, -0.05) is 58.3 Å². The summed E-state index contributed by atoms with van der Waals surface area (Å²) in [6.45, 7) is 6.72. The van der Waals surface area contributed by atoms with E-state index in [0.29, 0.717) is 32.5 Å². The number of carbonyl (C=O) groups excluding carboxylic acids is 1. The van der Waals surface area contributed by atoms with Gasteiger partial charge in [-0.05, 0) is 33.1 Å². The van der Waals surface area contributed by atoms with E-state index in [1.54, 1.807) is 0 Å². The summed E-state index contributed by atoms with van der Waals surface area (Å²) >= 11 is 0. The van der Waals surface area contributed by atoms with E-state index >= 15 is 0 Å². The summed E-state index contributed by atoms with van der Waals surface area (Å²) in [5, 5.41) is 8.66. The van der Waals surface area contributed by atoms with E-state index in [1.807, 2.05) is 13.8 Å². The molecule has 6 heteroatoms. The smallest absolute Gasteiger partial charge is 0.329 e. The van der Waals surface area contributed by atoms with Gasteiger partial charge in [0.1, 0.15) is 0 Å². The first-order valence-electron chi connectivity index (χ1n) is 11.2. The topological polar surface area (TPSA) is 82.1 Å². The number of carboxylic acid groups (broad SMARTS) is 1. The molecule has 0 bridgehead atoms. The summed E-state index contributed by atoms with van der Waals surface area (Å²) < 4.78 is 17.0. The van der Waals surface area contributed by atoms with Crippen LogP contribution in [0.3, 0.4) is 0 Å². The molecule has 0 saturated carbocycles. The number of rotatable bonds is 20. The van der Waals surface area contributed by atoms with Crippen LogP contribution in [0.4, 0.5) is 0 Å². The van der Waals surface area contributed by atoms with Gasteiger partial charge in [0, 0.05) is 19.3 Å². The third-order valence-corrected chi connectivity index (χ3v) is 4.61. The normalized spacial score (nSPS) is 11.5. The third kappa shape index (κ3) is 14.9. The highest BCUT2D eigenvalue weighted by Gasteiger charge is 2.35. The Morgan fingerprint density at radius 2 is 1.21 bits per heavy atom. The highest BCUT2D eigenvalue weighted by molar-refractivity contribution is 5.70. The molecule has 0 unspecified atom stereocenters. The lowest BCUT2D eigenvalue weighted by molar-refractivity contribution is -0.363. The van der Waals surface area contributed by atoms with Crippen LogP contribution in [-0.2, 0) is 23.8 Å². The van der Waals surface area contributed by atoms with Crippen LogP contribution in [0.25, 0.3) is 0 Å². The van der Waals surface area contributed by atoms with Crippen molar-refractivity contribution in [3.05, 3.63) is 0 Å². The van der Waals surface area contributed by atoms with Crippen molar-refractivity contribution in [1.82, 2.24) is 0 Å². The van der Waals surface area contributed by atoms with E-state index in [0.717, 1.165) is 12.8 Å². The van der Waals surface area contributed by atoms with Crippen LogP contribution < -0.4 is 0 Å². The average molecular weight is 403 g/mol. The molecule has 28 heavy (non-hydrogen) atoms. The summed E-state index contributed by atoms with van der Waals surface area (Å²) in [6, 6.07) is 0. The minimum Gasteiger partial charge on any atom is -0.481 e. The molecule has 0 radical (unpaired) electrons. The highest BCUT2D eigenvalue weighted by atomic mass is 16.9. The molecule has 0 spiro atoms. The van der Waals surface area contributed by atoms with E-state index in [1.165, 1.54) is 44.9 Å². The molecular formula is C22H42O6. The molecule has 1 N–H and O–H groups in total. The Balaban J connectivity index is 4.27. The molecule has 0 atom stereocenters. The molecular weight excluding hydrogens is 360 g/mol. The number of ether oxygens (including phenoxy) is 3. The quantitative estimate of drug-likeness (QED) is 0.157. The van der Waals surface area contributed by atoms with E-state index in [9.17, 15) is 9.59 Å². The number of hydrogen-bond acceptors (Lipinski definition) is 5. The predicted molar refractivity (Wildman–Crippen MR) is 110 cm³/mol. The maximum Gasteiger partial charge on any atom is 0.329 e. The van der Waals surface area contributed by atoms with Gasteiger partial charge in [-0.3, -0.25) is 9.59 Å². The van der Waals surface area contributed by atoms with Crippen LogP contribution in [0.2, 0.25) is 0 Å². The SMILES string of the molecule is CCCCCCCCCCCC(OCC)(OCC)OC(=O)CCCCC(=O)O. The van der Waals surface area contributed by atoms with E-state index in [2.05, 4.69) is 6.92 Å². The zero-order valence-electron chi connectivity index (χ0n) is 18.3. The standard InChI is InChI=1S/C22H42O6/c1-4-7-8-9-10-11-12-13-16-19-22(26-5-2,27-6-3)28-21(25)18-15-14-17-20(23)24/h4-19H2,1-3H3,(H,23,24). The van der Waals surface area contributed by atoms with E-state index < -0.39 is 17.9 Å². The number of esters is 1. The Bertz CT molecular complexity index is 390. The second kappa shape index (κ2) is 17.9. The van der Waals surface area contributed by atoms with Gasteiger partial charge in [0.15, 0.2) is 0 Å². The molecule has 0 aliphatic rings. The van der Waals surface area contributed by atoms with Crippen molar-refractivity contribution in [1.29, 1.82) is 0 Å². The lowest BCUT2D eigenvalue weighted by Gasteiger charge is -2.32. The summed E-state index contributed by atoms with van der Waals surface area (Å²) in [6.07, 6.45) is 12.6. The van der Waals surface area contributed by atoms with Gasteiger partial charge in [-0.15, -0.1) is 0 Å². The van der Waals surface area contributed by atoms with Crippen LogP contribution in [0.15, 0.2) is 0 Å². The van der Waals surface area contributed by atoms with Crippen LogP contribution in [0.1, 0.15) is 111 Å². The lowest BCUT2D eigenvalue weighted by Crippen LogP contribution is -2.41. The first-order chi connectivity index (χ1) is 13.5. The van der Waals surface area contributed by atoms with Crippen molar-refractivity contribution in [3.63, 3.8) is 0 Å². The van der Waals surface area contributed by atoms with Crippen LogP contribution in [-0.4, -0.2) is 36.2 Å². The molecule has 6 nitrogen and oxygen atoms in total. The fourth-order valence-electron chi connectivity index (χ4n) is 3.16. The molecule has 0 aromatic heterocycles. The van der Waals surface area contributed by atoms with Crippen molar-refractivity contribution in [2.75, 3.05) is 13.2 Å². The number of hydrogen-bond donors (Lipinski definition) is 1. The fourth-order valence-corrected chi connectivity index (χ4v) is 3.16. The average Bonchev–Trinajstić information content (AvgIpc) is 2.64. The summed E-state index contributed by atoms with van der Waals surface area (Å²) in [4.78, 5) is 22.7. The van der Waals surface area contributed by atoms with Crippen molar-refractivity contribution in [2.45, 2.75) is 117 Å². The zero-order valence-corrected chi connectivity index (χ0v) is 18.3. The minimum absolute atomic E-state index is 0.0633. The van der Waals surface area contributed by atoms with Gasteiger partial charge in [-0.25, -0.2) is 0 Å². The molecule has 0 aromatic carbocycles. The zero-order chi connectivity index (χ0) is 21.1.